The smallest absolute Gasteiger partial charge is 0.333 e. The number of nitrogens with zero attached hydrogens (tertiary/aromatic N) is 1. The summed E-state index contributed by atoms with van der Waals surface area (Å²) in [5.41, 5.74) is 10.4. The number of aryl methyl sites for hydroxylation is 3. The molecule has 41 heavy (non-hydrogen) atoms. The van der Waals surface area contributed by atoms with Gasteiger partial charge >= 0.3 is 5.97 Å². The van der Waals surface area contributed by atoms with Crippen LogP contribution in [0.15, 0.2) is 91.0 Å². The zero-order valence-corrected chi connectivity index (χ0v) is 24.2. The summed E-state index contributed by atoms with van der Waals surface area (Å²) in [4.78, 5) is 13.7. The van der Waals surface area contributed by atoms with Gasteiger partial charge < -0.3 is 14.6 Å². The van der Waals surface area contributed by atoms with Gasteiger partial charge in [-0.1, -0.05) is 85.8 Å². The first-order valence-corrected chi connectivity index (χ1v) is 14.4. The van der Waals surface area contributed by atoms with E-state index in [1.165, 1.54) is 46.1 Å². The van der Waals surface area contributed by atoms with Gasteiger partial charge in [-0.25, -0.2) is 4.79 Å². The van der Waals surface area contributed by atoms with Crippen molar-refractivity contribution in [1.29, 1.82) is 0 Å². The summed E-state index contributed by atoms with van der Waals surface area (Å²) in [6, 6.07) is 32.3. The van der Waals surface area contributed by atoms with Crippen molar-refractivity contribution < 1.29 is 19.4 Å². The molecule has 0 aliphatic heterocycles. The first-order valence-electron chi connectivity index (χ1n) is 14.4. The van der Waals surface area contributed by atoms with Gasteiger partial charge in [0.15, 0.2) is 6.10 Å². The van der Waals surface area contributed by atoms with E-state index in [1.807, 2.05) is 24.3 Å². The Bertz CT molecular complexity index is 1470. The maximum absolute atomic E-state index is 11.3. The molecule has 2 unspecified atom stereocenters. The molecule has 0 spiro atoms. The molecule has 0 radical (unpaired) electrons. The molecule has 0 bridgehead atoms. The number of fused-ring (bicyclic) bond motifs is 2. The third-order valence-electron chi connectivity index (χ3n) is 8.18. The van der Waals surface area contributed by atoms with Crippen LogP contribution in [-0.4, -0.2) is 49.4 Å². The summed E-state index contributed by atoms with van der Waals surface area (Å²) in [5.74, 6) is -0.187. The fourth-order valence-corrected chi connectivity index (χ4v) is 5.82. The number of rotatable bonds is 11. The lowest BCUT2D eigenvalue weighted by Gasteiger charge is -2.31. The highest BCUT2D eigenvalue weighted by Crippen LogP contribution is 2.38. The van der Waals surface area contributed by atoms with Crippen LogP contribution in [0, 0.1) is 0 Å². The zero-order valence-electron chi connectivity index (χ0n) is 24.2. The van der Waals surface area contributed by atoms with Gasteiger partial charge in [0.25, 0.3) is 0 Å². The van der Waals surface area contributed by atoms with Crippen molar-refractivity contribution >= 4 is 5.97 Å². The molecular formula is C36H39NO4. The molecule has 5 nitrogen and oxygen atoms in total. The predicted octanol–water partition coefficient (Wildman–Crippen LogP) is 6.76. The Kier molecular flexibility index (Phi) is 9.17. The van der Waals surface area contributed by atoms with Crippen molar-refractivity contribution in [2.24, 2.45) is 0 Å². The number of hydrogen-bond donors (Lipinski definition) is 1. The Hall–Kier alpha value is -3.93. The van der Waals surface area contributed by atoms with Gasteiger partial charge in [0.1, 0.15) is 12.4 Å². The minimum Gasteiger partial charge on any atom is -0.492 e. The number of ether oxygens (including phenoxy) is 2. The minimum atomic E-state index is -0.959. The van der Waals surface area contributed by atoms with Gasteiger partial charge in [-0.05, 0) is 83.0 Å². The molecule has 0 saturated heterocycles. The minimum absolute atomic E-state index is 0.145. The highest BCUT2D eigenvalue weighted by molar-refractivity contribution is 5.72. The molecule has 212 valence electrons. The molecule has 5 rings (SSSR count). The second-order valence-corrected chi connectivity index (χ2v) is 10.8. The molecule has 2 atom stereocenters. The normalized spacial score (nSPS) is 15.1. The number of hydrogen-bond acceptors (Lipinski definition) is 4. The molecule has 0 heterocycles. The van der Waals surface area contributed by atoms with Crippen LogP contribution in [0.25, 0.3) is 11.1 Å². The molecule has 4 aromatic carbocycles. The van der Waals surface area contributed by atoms with E-state index in [1.54, 1.807) is 0 Å². The fraction of sp³-hybridized carbons (Fsp3) is 0.306. The summed E-state index contributed by atoms with van der Waals surface area (Å²) >= 11 is 0. The lowest BCUT2D eigenvalue weighted by molar-refractivity contribution is -0.148. The van der Waals surface area contributed by atoms with Gasteiger partial charge in [0.2, 0.25) is 0 Å². The fourth-order valence-electron chi connectivity index (χ4n) is 5.82. The van der Waals surface area contributed by atoms with Crippen LogP contribution in [0.4, 0.5) is 0 Å². The van der Waals surface area contributed by atoms with Gasteiger partial charge in [-0.2, -0.15) is 0 Å². The quantitative estimate of drug-likeness (QED) is 0.224. The standard InChI is InChI=1S/C36H39NO4/c1-4-25-12-18-32-29(22-25)13-14-30-24-28(27-8-6-5-7-9-27)15-19-33(30)35(32)37(2)20-21-41-31-16-10-26(11-17-31)23-34(40-3)36(38)39/h5-12,15-19,22,24,34-35H,4,13-14,20-21,23H2,1-3H3,(H,38,39). The van der Waals surface area contributed by atoms with Gasteiger partial charge in [-0.3, -0.25) is 4.90 Å². The lowest BCUT2D eigenvalue weighted by Crippen LogP contribution is -2.30. The summed E-state index contributed by atoms with van der Waals surface area (Å²) in [7, 11) is 3.61. The van der Waals surface area contributed by atoms with Crippen molar-refractivity contribution in [2.45, 2.75) is 44.8 Å². The number of carbonyl (C=O) groups is 1. The van der Waals surface area contributed by atoms with E-state index in [0.29, 0.717) is 13.0 Å². The van der Waals surface area contributed by atoms with E-state index in [4.69, 9.17) is 9.47 Å². The van der Waals surface area contributed by atoms with Crippen molar-refractivity contribution in [3.8, 4) is 16.9 Å². The summed E-state index contributed by atoms with van der Waals surface area (Å²) in [6.45, 7) is 3.52. The predicted molar refractivity (Wildman–Crippen MR) is 164 cm³/mol. The third kappa shape index (κ3) is 6.70. The van der Waals surface area contributed by atoms with Crippen molar-refractivity contribution in [3.63, 3.8) is 0 Å². The first-order chi connectivity index (χ1) is 20.0. The monoisotopic (exact) mass is 549 g/mol. The van der Waals surface area contributed by atoms with Crippen molar-refractivity contribution in [3.05, 3.63) is 124 Å². The Morgan fingerprint density at radius 3 is 2.20 bits per heavy atom. The Labute approximate surface area is 243 Å². The maximum Gasteiger partial charge on any atom is 0.333 e. The summed E-state index contributed by atoms with van der Waals surface area (Å²) in [6.07, 6.45) is 2.57. The van der Waals surface area contributed by atoms with Crippen LogP contribution in [0.2, 0.25) is 0 Å². The average molecular weight is 550 g/mol. The van der Waals surface area contributed by atoms with Gasteiger partial charge in [0.05, 0.1) is 6.04 Å². The number of benzene rings is 4. The summed E-state index contributed by atoms with van der Waals surface area (Å²) < 4.78 is 11.2. The SMILES string of the molecule is CCc1ccc2c(c1)CCc1cc(-c3ccccc3)ccc1C2N(C)CCOc1ccc(CC(OC)C(=O)O)cc1. The van der Waals surface area contributed by atoms with Crippen LogP contribution < -0.4 is 4.74 Å². The van der Waals surface area contributed by atoms with E-state index in [-0.39, 0.29) is 6.04 Å². The van der Waals surface area contributed by atoms with Crippen LogP contribution in [0.3, 0.4) is 0 Å². The highest BCUT2D eigenvalue weighted by atomic mass is 16.5. The molecule has 0 amide bonds. The van der Waals surface area contributed by atoms with E-state index in [0.717, 1.165) is 37.1 Å². The second kappa shape index (κ2) is 13.2. The van der Waals surface area contributed by atoms with E-state index in [9.17, 15) is 9.90 Å². The maximum atomic E-state index is 11.3. The molecule has 4 aromatic rings. The topological polar surface area (TPSA) is 59.0 Å². The largest absolute Gasteiger partial charge is 0.492 e. The third-order valence-corrected chi connectivity index (χ3v) is 8.18. The van der Waals surface area contributed by atoms with E-state index >= 15 is 0 Å². The lowest BCUT2D eigenvalue weighted by atomic mass is 9.90. The molecule has 0 saturated carbocycles. The molecular weight excluding hydrogens is 510 g/mol. The number of likely N-dealkylation sites (N-methyl/N-ethyl adjacent to an activating group) is 1. The number of carboxylic acid groups (broad SMARTS) is 1. The van der Waals surface area contributed by atoms with Crippen LogP contribution in [0.1, 0.15) is 46.3 Å². The second-order valence-electron chi connectivity index (χ2n) is 10.8. The molecule has 1 aliphatic rings. The number of carboxylic acids is 1. The summed E-state index contributed by atoms with van der Waals surface area (Å²) in [5, 5.41) is 9.24. The van der Waals surface area contributed by atoms with Crippen LogP contribution in [-0.2, 0) is 35.2 Å². The van der Waals surface area contributed by atoms with Gasteiger partial charge in [0, 0.05) is 20.1 Å². The first kappa shape index (κ1) is 28.6. The van der Waals surface area contributed by atoms with E-state index < -0.39 is 12.1 Å². The average Bonchev–Trinajstić information content (AvgIpc) is 3.16. The van der Waals surface area contributed by atoms with Crippen LogP contribution in [0.5, 0.6) is 5.75 Å². The van der Waals surface area contributed by atoms with Crippen molar-refractivity contribution in [1.82, 2.24) is 4.90 Å². The number of aliphatic carboxylic acids is 1. The highest BCUT2D eigenvalue weighted by Gasteiger charge is 2.27. The van der Waals surface area contributed by atoms with Crippen LogP contribution >= 0.6 is 0 Å². The molecule has 0 aromatic heterocycles. The Morgan fingerprint density at radius 1 is 0.878 bits per heavy atom. The number of methoxy groups -OCH3 is 1. The van der Waals surface area contributed by atoms with E-state index in [2.05, 4.69) is 85.6 Å². The Morgan fingerprint density at radius 2 is 1.54 bits per heavy atom. The molecule has 1 N–H and O–H groups in total. The van der Waals surface area contributed by atoms with Crippen molar-refractivity contribution in [2.75, 3.05) is 27.3 Å². The molecule has 5 heteroatoms. The Balaban J connectivity index is 1.34. The zero-order chi connectivity index (χ0) is 28.8. The molecule has 1 aliphatic carbocycles. The van der Waals surface area contributed by atoms with Gasteiger partial charge in [-0.15, -0.1) is 0 Å². The molecule has 0 fully saturated rings.